The minimum absolute atomic E-state index is 0.183. The zero-order valence-corrected chi connectivity index (χ0v) is 20.4. The summed E-state index contributed by atoms with van der Waals surface area (Å²) in [6.45, 7) is 7.74. The number of halogens is 1. The van der Waals surface area contributed by atoms with Crippen LogP contribution in [0.5, 0.6) is 0 Å². The smallest absolute Gasteiger partial charge is 0.341 e. The number of aryl methyl sites for hydroxylation is 1. The molecule has 2 aromatic carbocycles. The van der Waals surface area contributed by atoms with Gasteiger partial charge in [-0.3, -0.25) is 9.69 Å². The van der Waals surface area contributed by atoms with E-state index in [4.69, 9.17) is 4.74 Å². The van der Waals surface area contributed by atoms with Gasteiger partial charge in [0.05, 0.1) is 13.7 Å². The third-order valence-electron chi connectivity index (χ3n) is 6.24. The number of thiophene rings is 1. The quantitative estimate of drug-likeness (QED) is 0.517. The zero-order chi connectivity index (χ0) is 24.2. The van der Waals surface area contributed by atoms with Crippen LogP contribution in [0.15, 0.2) is 47.8 Å². The van der Waals surface area contributed by atoms with E-state index in [0.29, 0.717) is 16.1 Å². The van der Waals surface area contributed by atoms with Gasteiger partial charge in [-0.2, -0.15) is 0 Å². The van der Waals surface area contributed by atoms with Crippen LogP contribution in [0.1, 0.15) is 21.5 Å². The number of carbonyl (C=O) groups excluding carboxylic acids is 2. The highest BCUT2D eigenvalue weighted by molar-refractivity contribution is 7.15. The molecule has 1 aliphatic rings. The summed E-state index contributed by atoms with van der Waals surface area (Å²) in [7, 11) is 1.30. The minimum atomic E-state index is -0.544. The predicted octanol–water partition coefficient (Wildman–Crippen LogP) is 4.72. The maximum atomic E-state index is 13.3. The van der Waals surface area contributed by atoms with Crippen LogP contribution in [-0.2, 0) is 9.53 Å². The molecule has 6 nitrogen and oxygen atoms in total. The molecular weight excluding hydrogens is 453 g/mol. The van der Waals surface area contributed by atoms with Gasteiger partial charge in [0.2, 0.25) is 5.91 Å². The summed E-state index contributed by atoms with van der Waals surface area (Å²) in [5, 5.41) is 5.09. The Kier molecular flexibility index (Phi) is 7.29. The van der Waals surface area contributed by atoms with Crippen molar-refractivity contribution in [1.82, 2.24) is 4.90 Å². The van der Waals surface area contributed by atoms with Crippen molar-refractivity contribution in [2.45, 2.75) is 13.8 Å². The summed E-state index contributed by atoms with van der Waals surface area (Å²) in [6.07, 6.45) is 0. The third kappa shape index (κ3) is 5.13. The summed E-state index contributed by atoms with van der Waals surface area (Å²) < 4.78 is 18.3. The third-order valence-corrected chi connectivity index (χ3v) is 7.14. The Labute approximate surface area is 203 Å². The molecule has 4 rings (SSSR count). The minimum Gasteiger partial charge on any atom is -0.465 e. The number of esters is 1. The van der Waals surface area contributed by atoms with Crippen molar-refractivity contribution in [2.24, 2.45) is 0 Å². The maximum Gasteiger partial charge on any atom is 0.341 e. The van der Waals surface area contributed by atoms with Gasteiger partial charge >= 0.3 is 5.97 Å². The molecular formula is C26H28FN3O3S. The molecule has 34 heavy (non-hydrogen) atoms. The first kappa shape index (κ1) is 23.9. The van der Waals surface area contributed by atoms with E-state index in [1.165, 1.54) is 47.4 Å². The second-order valence-electron chi connectivity index (χ2n) is 8.38. The summed E-state index contributed by atoms with van der Waals surface area (Å²) in [5.41, 5.74) is 5.39. The number of anilines is 2. The Morgan fingerprint density at radius 1 is 1.06 bits per heavy atom. The number of rotatable bonds is 6. The number of hydrogen-bond acceptors (Lipinski definition) is 6. The molecule has 178 valence electrons. The van der Waals surface area contributed by atoms with E-state index in [9.17, 15) is 14.0 Å². The van der Waals surface area contributed by atoms with E-state index in [1.54, 1.807) is 17.5 Å². The molecule has 0 saturated carbocycles. The molecule has 1 fully saturated rings. The Hall–Kier alpha value is -3.23. The van der Waals surface area contributed by atoms with Gasteiger partial charge in [-0.1, -0.05) is 24.3 Å². The van der Waals surface area contributed by atoms with Crippen molar-refractivity contribution in [3.63, 3.8) is 0 Å². The zero-order valence-electron chi connectivity index (χ0n) is 19.6. The molecule has 1 N–H and O–H groups in total. The second kappa shape index (κ2) is 10.4. The fourth-order valence-electron chi connectivity index (χ4n) is 4.19. The van der Waals surface area contributed by atoms with Crippen LogP contribution >= 0.6 is 11.3 Å². The highest BCUT2D eigenvalue weighted by Gasteiger charge is 2.24. The van der Waals surface area contributed by atoms with Gasteiger partial charge < -0.3 is 15.0 Å². The normalized spacial score (nSPS) is 14.2. The Morgan fingerprint density at radius 3 is 2.44 bits per heavy atom. The van der Waals surface area contributed by atoms with Crippen LogP contribution in [0.25, 0.3) is 11.1 Å². The first-order valence-electron chi connectivity index (χ1n) is 11.2. The van der Waals surface area contributed by atoms with Gasteiger partial charge in [-0.05, 0) is 48.7 Å². The van der Waals surface area contributed by atoms with E-state index in [2.05, 4.69) is 47.2 Å². The lowest BCUT2D eigenvalue weighted by molar-refractivity contribution is -0.117. The number of piperazine rings is 1. The fraction of sp³-hybridized carbons (Fsp3) is 0.308. The molecule has 0 bridgehead atoms. The van der Waals surface area contributed by atoms with Crippen molar-refractivity contribution in [3.8, 4) is 11.1 Å². The molecule has 3 aromatic rings. The molecule has 0 radical (unpaired) electrons. The molecule has 1 saturated heterocycles. The highest BCUT2D eigenvalue weighted by atomic mass is 32.1. The summed E-state index contributed by atoms with van der Waals surface area (Å²) in [4.78, 5) is 29.8. The average molecular weight is 482 g/mol. The van der Waals surface area contributed by atoms with Crippen molar-refractivity contribution >= 4 is 33.9 Å². The number of carbonyl (C=O) groups is 2. The van der Waals surface area contributed by atoms with Crippen molar-refractivity contribution < 1.29 is 18.7 Å². The molecule has 1 aliphatic heterocycles. The van der Waals surface area contributed by atoms with E-state index >= 15 is 0 Å². The van der Waals surface area contributed by atoms with Gasteiger partial charge in [0.15, 0.2) is 0 Å². The Morgan fingerprint density at radius 2 is 1.76 bits per heavy atom. The van der Waals surface area contributed by atoms with Crippen molar-refractivity contribution in [3.05, 3.63) is 70.4 Å². The van der Waals surface area contributed by atoms with E-state index in [-0.39, 0.29) is 23.8 Å². The summed E-state index contributed by atoms with van der Waals surface area (Å²) >= 11 is 1.26. The first-order valence-corrected chi connectivity index (χ1v) is 12.0. The summed E-state index contributed by atoms with van der Waals surface area (Å²) in [5.74, 6) is -1.08. The molecule has 1 aromatic heterocycles. The van der Waals surface area contributed by atoms with Crippen LogP contribution in [0.4, 0.5) is 15.1 Å². The Bertz CT molecular complexity index is 1180. The summed E-state index contributed by atoms with van der Waals surface area (Å²) in [6, 6.07) is 12.2. The molecule has 2 heterocycles. The number of ether oxygens (including phenoxy) is 1. The highest BCUT2D eigenvalue weighted by Crippen LogP contribution is 2.36. The Balaban J connectivity index is 1.41. The van der Waals surface area contributed by atoms with Gasteiger partial charge in [-0.25, -0.2) is 9.18 Å². The van der Waals surface area contributed by atoms with E-state index < -0.39 is 5.97 Å². The van der Waals surface area contributed by atoms with Crippen LogP contribution in [0.2, 0.25) is 0 Å². The standard InChI is InChI=1S/C26H28FN3O3S/c1-17-5-4-6-22(18(17)2)30-13-11-29(12-14-30)15-23(31)28-25-24(26(32)33-3)21(16-34-25)19-7-9-20(27)10-8-19/h4-10,16H,11-15H2,1-3H3,(H,28,31). The molecule has 0 spiro atoms. The lowest BCUT2D eigenvalue weighted by Gasteiger charge is -2.36. The molecule has 8 heteroatoms. The number of methoxy groups -OCH3 is 1. The van der Waals surface area contributed by atoms with Crippen molar-refractivity contribution in [1.29, 1.82) is 0 Å². The maximum absolute atomic E-state index is 13.3. The largest absolute Gasteiger partial charge is 0.465 e. The lowest BCUT2D eigenvalue weighted by Crippen LogP contribution is -2.48. The van der Waals surface area contributed by atoms with Crippen LogP contribution in [0.3, 0.4) is 0 Å². The SMILES string of the molecule is COC(=O)c1c(-c2ccc(F)cc2)csc1NC(=O)CN1CCN(c2cccc(C)c2C)CC1. The predicted molar refractivity (Wildman–Crippen MR) is 134 cm³/mol. The van der Waals surface area contributed by atoms with Crippen LogP contribution < -0.4 is 10.2 Å². The van der Waals surface area contributed by atoms with Gasteiger partial charge in [-0.15, -0.1) is 11.3 Å². The monoisotopic (exact) mass is 481 g/mol. The van der Waals surface area contributed by atoms with Gasteiger partial charge in [0, 0.05) is 42.8 Å². The average Bonchev–Trinajstić information content (AvgIpc) is 3.24. The molecule has 0 atom stereocenters. The number of hydrogen-bond donors (Lipinski definition) is 1. The number of nitrogens with zero attached hydrogens (tertiary/aromatic N) is 2. The van der Waals surface area contributed by atoms with E-state index in [0.717, 1.165) is 26.2 Å². The molecule has 1 amide bonds. The van der Waals surface area contributed by atoms with Crippen LogP contribution in [-0.4, -0.2) is 56.6 Å². The van der Waals surface area contributed by atoms with Gasteiger partial charge in [0.25, 0.3) is 0 Å². The molecule has 0 unspecified atom stereocenters. The number of benzene rings is 2. The topological polar surface area (TPSA) is 61.9 Å². The van der Waals surface area contributed by atoms with Crippen molar-refractivity contribution in [2.75, 3.05) is 50.1 Å². The molecule has 0 aliphatic carbocycles. The number of amides is 1. The van der Waals surface area contributed by atoms with Crippen LogP contribution in [0, 0.1) is 19.7 Å². The number of nitrogens with one attached hydrogen (secondary N) is 1. The first-order chi connectivity index (χ1) is 16.4. The van der Waals surface area contributed by atoms with Gasteiger partial charge in [0.1, 0.15) is 16.4 Å². The lowest BCUT2D eigenvalue weighted by atomic mass is 10.0. The second-order valence-corrected chi connectivity index (χ2v) is 9.26. The van der Waals surface area contributed by atoms with E-state index in [1.807, 2.05) is 0 Å². The fourth-order valence-corrected chi connectivity index (χ4v) is 5.16.